The van der Waals surface area contributed by atoms with Crippen LogP contribution in [0.1, 0.15) is 138 Å². The van der Waals surface area contributed by atoms with Crippen molar-refractivity contribution in [3.63, 3.8) is 0 Å². The Morgan fingerprint density at radius 3 is 1.90 bits per heavy atom. The van der Waals surface area contributed by atoms with Gasteiger partial charge >= 0.3 is 18.2 Å². The van der Waals surface area contributed by atoms with Crippen molar-refractivity contribution in [1.29, 1.82) is 0 Å². The number of hydrogen-bond acceptors (Lipinski definition) is 15. The Labute approximate surface area is 576 Å². The van der Waals surface area contributed by atoms with E-state index in [4.69, 9.17) is 15.2 Å². The average molecular weight is 1390 g/mol. The molecule has 0 aliphatic carbocycles. The third-order valence-electron chi connectivity index (χ3n) is 18.9. The van der Waals surface area contributed by atoms with Crippen LogP contribution in [0, 0.1) is 35.5 Å². The number of urea groups is 1. The summed E-state index contributed by atoms with van der Waals surface area (Å²) in [5, 5.41) is 19.5. The van der Waals surface area contributed by atoms with Crippen molar-refractivity contribution in [1.82, 2.24) is 51.5 Å². The number of anilines is 1. The van der Waals surface area contributed by atoms with Crippen molar-refractivity contribution in [2.75, 3.05) is 74.0 Å². The summed E-state index contributed by atoms with van der Waals surface area (Å²) in [4.78, 5) is 142. The predicted octanol–water partition coefficient (Wildman–Crippen LogP) is 5.29. The molecule has 13 atom stereocenters. The topological polar surface area (TPSA) is 322 Å². The predicted molar refractivity (Wildman–Crippen MR) is 365 cm³/mol. The smallest absolute Gasteiger partial charge is 0.404 e. The quantitative estimate of drug-likeness (QED) is 0.0313. The van der Waals surface area contributed by atoms with Gasteiger partial charge in [0.2, 0.25) is 47.3 Å². The van der Waals surface area contributed by atoms with Gasteiger partial charge in [0.25, 0.3) is 0 Å². The number of primary amides is 1. The Kier molecular flexibility index (Phi) is 33.9. The third kappa shape index (κ3) is 24.8. The number of halogens is 3. The number of nitrogens with one attached hydrogen (secondary N) is 7. The second-order valence-electron chi connectivity index (χ2n) is 27.4. The number of nitrogens with zero attached hydrogens (tertiary/aromatic N) is 4. The zero-order valence-electron chi connectivity index (χ0n) is 60.1. The largest absolute Gasteiger partial charge is 0.469 e. The first-order valence-corrected chi connectivity index (χ1v) is 34.3. The van der Waals surface area contributed by atoms with Gasteiger partial charge in [-0.3, -0.25) is 53.0 Å². The molecule has 2 aliphatic rings. The SMILES string of the molecule is CC[C@H](C)[C@@H]([C@@H](CC(=O)N1CCC[C@H]1[C@H](OC)[C@@H](C)C(=O)N[C@@H](Cc1ccccc1)C(=O)NCc1ccc(NC(=O)[C@H](CCCNC(N)=O)NC(=O)[C@@H](NC(=O)CCCN2CCC(C(=O)OC)CC2C(F)(F)F)C(C)C)cc1)OC)N(C)C(=O)[C@@H](NC(=O)[C@H](C(C)C)N(C)C)C(C)C. The summed E-state index contributed by atoms with van der Waals surface area (Å²) in [5.41, 5.74) is 6.97. The molecule has 0 aromatic heterocycles. The van der Waals surface area contributed by atoms with Crippen LogP contribution in [0.2, 0.25) is 0 Å². The lowest BCUT2D eigenvalue weighted by molar-refractivity contribution is -0.198. The number of methoxy groups -OCH3 is 3. The van der Waals surface area contributed by atoms with Crippen LogP contribution in [0.5, 0.6) is 0 Å². The molecule has 2 aromatic rings. The second kappa shape index (κ2) is 40.0. The Morgan fingerprint density at radius 1 is 0.694 bits per heavy atom. The molecule has 0 bridgehead atoms. The van der Waals surface area contributed by atoms with Crippen molar-refractivity contribution in [3.05, 3.63) is 65.7 Å². The van der Waals surface area contributed by atoms with E-state index >= 15 is 0 Å². The maximum atomic E-state index is 14.6. The first-order chi connectivity index (χ1) is 46.2. The number of ether oxygens (including phenoxy) is 3. The first-order valence-electron chi connectivity index (χ1n) is 34.3. The minimum absolute atomic E-state index is 0.00987. The van der Waals surface area contributed by atoms with Crippen molar-refractivity contribution >= 4 is 64.9 Å². The van der Waals surface area contributed by atoms with Crippen LogP contribution in [-0.2, 0) is 70.3 Å². The van der Waals surface area contributed by atoms with Gasteiger partial charge in [0, 0.05) is 59.4 Å². The standard InChI is InChI=1S/C70H111F3N12O13/c1-16-44(8)60(83(12)67(93)58(42(4)5)81-66(92)59(43(6)7)82(10)11)53(96-13)39-56(87)85-35-21-26-52(85)61(97-14)45(9)62(88)79-51(37-46-23-18-17-19-24-46)63(89)76-40-47-28-30-49(31-29-47)77-64(90)50(25-20-33-75-69(74)95)78-65(91)57(41(2)3)80-55(86)27-22-34-84-36-32-48(68(94)98-15)38-54(84)70(71,72)73/h17-19,23-24,28-31,41-45,48,50-54,57-61H,16,20-22,25-27,32-40H2,1-15H3,(H,76,89)(H,77,90)(H,78,91)(H,79,88)(H,80,86)(H,81,92)(H3,74,75,95)/t44-,45+,48?,50-,51-,52-,53+,54?,57-,58-,59-,60-,61+/m0/s1. The van der Waals surface area contributed by atoms with Crippen LogP contribution in [0.4, 0.5) is 23.7 Å². The number of likely N-dealkylation sites (N-methyl/N-ethyl adjacent to an activating group) is 2. The number of piperidine rings is 1. The van der Waals surface area contributed by atoms with Crippen LogP contribution < -0.4 is 43.0 Å². The van der Waals surface area contributed by atoms with Crippen LogP contribution in [0.3, 0.4) is 0 Å². The van der Waals surface area contributed by atoms with Gasteiger partial charge in [-0.1, -0.05) is 111 Å². The van der Waals surface area contributed by atoms with Gasteiger partial charge in [-0.15, -0.1) is 0 Å². The van der Waals surface area contributed by atoms with Gasteiger partial charge in [-0.25, -0.2) is 4.79 Å². The lowest BCUT2D eigenvalue weighted by atomic mass is 9.89. The molecule has 28 heteroatoms. The van der Waals surface area contributed by atoms with Crippen LogP contribution in [0.25, 0.3) is 0 Å². The normalized spacial score (nSPS) is 19.0. The molecule has 2 aromatic carbocycles. The van der Waals surface area contributed by atoms with Crippen molar-refractivity contribution in [3.8, 4) is 0 Å². The van der Waals surface area contributed by atoms with E-state index in [-0.39, 0.29) is 107 Å². The molecule has 2 saturated heterocycles. The van der Waals surface area contributed by atoms with E-state index in [2.05, 4.69) is 42.0 Å². The zero-order valence-corrected chi connectivity index (χ0v) is 60.1. The molecule has 2 fully saturated rings. The van der Waals surface area contributed by atoms with Gasteiger partial charge in [-0.05, 0) is 119 Å². The molecule has 0 spiro atoms. The third-order valence-corrected chi connectivity index (χ3v) is 18.9. The Hall–Kier alpha value is -7.43. The lowest BCUT2D eigenvalue weighted by Crippen LogP contribution is -2.59. The fraction of sp³-hybridized carbons (Fsp3) is 0.686. The number of hydrogen-bond donors (Lipinski definition) is 8. The van der Waals surface area contributed by atoms with Crippen molar-refractivity contribution < 1.29 is 75.3 Å². The summed E-state index contributed by atoms with van der Waals surface area (Å²) in [6.07, 6.45) is -4.51. The number of alkyl halides is 3. The molecule has 0 saturated carbocycles. The van der Waals surface area contributed by atoms with E-state index in [1.165, 1.54) is 19.1 Å². The number of amides is 10. The highest BCUT2D eigenvalue weighted by Gasteiger charge is 2.49. The fourth-order valence-corrected chi connectivity index (χ4v) is 13.3. The van der Waals surface area contributed by atoms with E-state index in [0.717, 1.165) is 12.7 Å². The number of benzene rings is 2. The van der Waals surface area contributed by atoms with Gasteiger partial charge < -0.3 is 67.0 Å². The molecule has 2 heterocycles. The number of nitrogens with two attached hydrogens (primary N) is 1. The molecule has 550 valence electrons. The van der Waals surface area contributed by atoms with E-state index in [1.807, 2.05) is 90.9 Å². The monoisotopic (exact) mass is 1380 g/mol. The highest BCUT2D eigenvalue weighted by Crippen LogP contribution is 2.36. The molecule has 9 N–H and O–H groups in total. The van der Waals surface area contributed by atoms with Gasteiger partial charge in [-0.2, -0.15) is 13.2 Å². The second-order valence-corrected chi connectivity index (χ2v) is 27.4. The maximum Gasteiger partial charge on any atom is 0.404 e. The summed E-state index contributed by atoms with van der Waals surface area (Å²) >= 11 is 0. The Bertz CT molecular complexity index is 2920. The molecule has 2 aliphatic heterocycles. The highest BCUT2D eigenvalue weighted by molar-refractivity contribution is 5.98. The molecule has 10 amide bonds. The van der Waals surface area contributed by atoms with Gasteiger partial charge in [0.05, 0.1) is 55.7 Å². The molecular formula is C70H111F3N12O13. The molecular weight excluding hydrogens is 1270 g/mol. The van der Waals surface area contributed by atoms with Crippen molar-refractivity contribution in [2.24, 2.45) is 41.2 Å². The van der Waals surface area contributed by atoms with Crippen LogP contribution >= 0.6 is 0 Å². The van der Waals surface area contributed by atoms with E-state index in [1.54, 1.807) is 61.9 Å². The maximum absolute atomic E-state index is 14.6. The number of esters is 1. The Balaban J connectivity index is 1.43. The van der Waals surface area contributed by atoms with Crippen molar-refractivity contribution in [2.45, 2.75) is 206 Å². The van der Waals surface area contributed by atoms with Gasteiger partial charge in [0.15, 0.2) is 0 Å². The van der Waals surface area contributed by atoms with E-state index in [0.29, 0.717) is 37.1 Å². The zero-order chi connectivity index (χ0) is 73.3. The first kappa shape index (κ1) is 83.0. The van der Waals surface area contributed by atoms with E-state index < -0.39 is 132 Å². The minimum atomic E-state index is -4.62. The molecule has 4 rings (SSSR count). The van der Waals surface area contributed by atoms with E-state index in [9.17, 15) is 61.1 Å². The molecule has 25 nitrogen and oxygen atoms in total. The summed E-state index contributed by atoms with van der Waals surface area (Å²) in [6, 6.07) is 7.22. The summed E-state index contributed by atoms with van der Waals surface area (Å²) < 4.78 is 59.0. The van der Waals surface area contributed by atoms with Gasteiger partial charge in [0.1, 0.15) is 30.2 Å². The fourth-order valence-electron chi connectivity index (χ4n) is 13.3. The number of rotatable bonds is 38. The number of carbonyl (C=O) groups excluding carboxylic acids is 10. The number of carbonyl (C=O) groups is 10. The lowest BCUT2D eigenvalue weighted by Gasteiger charge is -2.41. The minimum Gasteiger partial charge on any atom is -0.469 e. The number of likely N-dealkylation sites (tertiary alicyclic amines) is 2. The average Bonchev–Trinajstić information content (AvgIpc) is 1.25. The van der Waals surface area contributed by atoms with Crippen LogP contribution in [-0.4, -0.2) is 214 Å². The molecule has 0 radical (unpaired) electrons. The summed E-state index contributed by atoms with van der Waals surface area (Å²) in [7, 11) is 9.48. The molecule has 2 unspecified atom stereocenters. The van der Waals surface area contributed by atoms with Crippen LogP contribution in [0.15, 0.2) is 54.6 Å². The molecule has 98 heavy (non-hydrogen) atoms. The summed E-state index contributed by atoms with van der Waals surface area (Å²) in [5.74, 6) is -7.03. The summed E-state index contributed by atoms with van der Waals surface area (Å²) in [6.45, 7) is 17.1. The Morgan fingerprint density at radius 2 is 1.34 bits per heavy atom. The highest BCUT2D eigenvalue weighted by atomic mass is 19.4.